The molecule has 1 aliphatic carbocycles. The van der Waals surface area contributed by atoms with E-state index in [4.69, 9.17) is 16.3 Å². The van der Waals surface area contributed by atoms with Crippen molar-refractivity contribution >= 4 is 33.0 Å². The van der Waals surface area contributed by atoms with Crippen LogP contribution in [0.2, 0.25) is 5.15 Å². The number of benzene rings is 1. The maximum absolute atomic E-state index is 13.0. The standard InChI is InChI=1S/C24H32ClF3N4O4S/c1-4-5-20-31-21(23(33)29-13-15-6-9-17(10-7-15)37(3,34)35)22(25)32(20)18-11-8-16(12-19(18)36-2)30-14-24(26,27)28/h8,11-12,15,17,30H,4-7,9-10,13-14H2,1-3H3,(H,29,33). The van der Waals surface area contributed by atoms with Gasteiger partial charge in [0.1, 0.15) is 33.1 Å². The number of alkyl halides is 3. The fourth-order valence-electron chi connectivity index (χ4n) is 4.48. The van der Waals surface area contributed by atoms with Gasteiger partial charge in [-0.25, -0.2) is 13.4 Å². The third-order valence-electron chi connectivity index (χ3n) is 6.44. The molecule has 1 saturated carbocycles. The number of amides is 1. The number of nitrogens with one attached hydrogen (secondary N) is 2. The fraction of sp³-hybridized carbons (Fsp3) is 0.583. The molecule has 1 aromatic carbocycles. The number of rotatable bonds is 10. The maximum Gasteiger partial charge on any atom is 0.405 e. The molecule has 1 heterocycles. The molecule has 37 heavy (non-hydrogen) atoms. The van der Waals surface area contributed by atoms with Crippen molar-refractivity contribution in [2.24, 2.45) is 5.92 Å². The molecule has 2 N–H and O–H groups in total. The Labute approximate surface area is 219 Å². The third-order valence-corrected chi connectivity index (χ3v) is 8.47. The van der Waals surface area contributed by atoms with Crippen molar-refractivity contribution in [1.29, 1.82) is 0 Å². The Balaban J connectivity index is 1.79. The van der Waals surface area contributed by atoms with Crippen LogP contribution in [0.5, 0.6) is 5.75 Å². The molecule has 1 amide bonds. The zero-order chi connectivity index (χ0) is 27.4. The van der Waals surface area contributed by atoms with E-state index in [1.54, 1.807) is 10.6 Å². The normalized spacial score (nSPS) is 18.5. The molecular formula is C24H32ClF3N4O4S. The third kappa shape index (κ3) is 7.53. The van der Waals surface area contributed by atoms with Crippen molar-refractivity contribution < 1.29 is 31.1 Å². The van der Waals surface area contributed by atoms with Gasteiger partial charge in [-0.05, 0) is 50.2 Å². The van der Waals surface area contributed by atoms with E-state index < -0.39 is 28.5 Å². The van der Waals surface area contributed by atoms with Gasteiger partial charge in [0.05, 0.1) is 18.0 Å². The van der Waals surface area contributed by atoms with Gasteiger partial charge in [-0.3, -0.25) is 9.36 Å². The number of sulfone groups is 1. The second-order valence-electron chi connectivity index (χ2n) is 9.29. The summed E-state index contributed by atoms with van der Waals surface area (Å²) < 4.78 is 68.3. The Hall–Kier alpha value is -2.47. The highest BCUT2D eigenvalue weighted by molar-refractivity contribution is 7.91. The first kappa shape index (κ1) is 29.1. The van der Waals surface area contributed by atoms with Crippen LogP contribution >= 0.6 is 11.6 Å². The first-order valence-corrected chi connectivity index (χ1v) is 14.4. The maximum atomic E-state index is 13.0. The van der Waals surface area contributed by atoms with Gasteiger partial charge in [-0.2, -0.15) is 13.2 Å². The van der Waals surface area contributed by atoms with Crippen molar-refractivity contribution in [3.8, 4) is 11.4 Å². The minimum absolute atomic E-state index is 0.0382. The molecule has 3 rings (SSSR count). The van der Waals surface area contributed by atoms with Gasteiger partial charge in [-0.15, -0.1) is 0 Å². The van der Waals surface area contributed by atoms with E-state index in [1.165, 1.54) is 25.5 Å². The van der Waals surface area contributed by atoms with Crippen LogP contribution in [0.3, 0.4) is 0 Å². The van der Waals surface area contributed by atoms with E-state index in [1.807, 2.05) is 6.92 Å². The van der Waals surface area contributed by atoms with Gasteiger partial charge >= 0.3 is 6.18 Å². The van der Waals surface area contributed by atoms with Crippen LogP contribution in [-0.2, 0) is 16.3 Å². The number of methoxy groups -OCH3 is 1. The number of carbonyl (C=O) groups is 1. The number of ether oxygens (including phenoxy) is 1. The molecule has 1 fully saturated rings. The first-order chi connectivity index (χ1) is 17.3. The molecule has 13 heteroatoms. The monoisotopic (exact) mass is 564 g/mol. The number of carbonyl (C=O) groups excluding carboxylic acids is 1. The lowest BCUT2D eigenvalue weighted by atomic mass is 9.89. The van der Waals surface area contributed by atoms with E-state index in [0.29, 0.717) is 56.6 Å². The molecule has 0 bridgehead atoms. The second kappa shape index (κ2) is 11.9. The van der Waals surface area contributed by atoms with E-state index in [2.05, 4.69) is 15.6 Å². The highest BCUT2D eigenvalue weighted by Gasteiger charge is 2.30. The summed E-state index contributed by atoms with van der Waals surface area (Å²) in [6.45, 7) is 1.13. The summed E-state index contributed by atoms with van der Waals surface area (Å²) in [6.07, 6.45) is 0.647. The van der Waals surface area contributed by atoms with Crippen LogP contribution in [0.4, 0.5) is 18.9 Å². The van der Waals surface area contributed by atoms with Gasteiger partial charge in [0, 0.05) is 31.0 Å². The predicted molar refractivity (Wildman–Crippen MR) is 137 cm³/mol. The van der Waals surface area contributed by atoms with E-state index in [-0.39, 0.29) is 33.5 Å². The van der Waals surface area contributed by atoms with Crippen LogP contribution in [0.25, 0.3) is 5.69 Å². The lowest BCUT2D eigenvalue weighted by Crippen LogP contribution is -2.34. The predicted octanol–water partition coefficient (Wildman–Crippen LogP) is 4.79. The van der Waals surface area contributed by atoms with Crippen LogP contribution in [-0.4, -0.2) is 61.8 Å². The summed E-state index contributed by atoms with van der Waals surface area (Å²) in [4.78, 5) is 17.5. The molecule has 1 aliphatic rings. The van der Waals surface area contributed by atoms with E-state index in [0.717, 1.165) is 0 Å². The molecule has 0 saturated heterocycles. The summed E-state index contributed by atoms with van der Waals surface area (Å²) >= 11 is 6.63. The molecule has 8 nitrogen and oxygen atoms in total. The summed E-state index contributed by atoms with van der Waals surface area (Å²) in [7, 11) is -1.67. The highest BCUT2D eigenvalue weighted by atomic mass is 35.5. The quantitative estimate of drug-likeness (QED) is 0.430. The molecule has 0 radical (unpaired) electrons. The number of hydrogen-bond donors (Lipinski definition) is 2. The number of hydrogen-bond acceptors (Lipinski definition) is 6. The number of aromatic nitrogens is 2. The van der Waals surface area contributed by atoms with Crippen LogP contribution < -0.4 is 15.4 Å². The molecular weight excluding hydrogens is 533 g/mol. The zero-order valence-corrected chi connectivity index (χ0v) is 22.6. The SMILES string of the molecule is CCCc1nc(C(=O)NCC2CCC(S(C)(=O)=O)CC2)c(Cl)n1-c1ccc(NCC(F)(F)F)cc1OC. The fourth-order valence-corrected chi connectivity index (χ4v) is 5.93. The van der Waals surface area contributed by atoms with Crippen molar-refractivity contribution in [1.82, 2.24) is 14.9 Å². The zero-order valence-electron chi connectivity index (χ0n) is 21.0. The minimum Gasteiger partial charge on any atom is -0.494 e. The van der Waals surface area contributed by atoms with Gasteiger partial charge in [0.15, 0.2) is 5.69 Å². The molecule has 1 aromatic heterocycles. The minimum atomic E-state index is -4.37. The summed E-state index contributed by atoms with van der Waals surface area (Å²) in [6, 6.07) is 4.47. The second-order valence-corrected chi connectivity index (χ2v) is 12.0. The lowest BCUT2D eigenvalue weighted by Gasteiger charge is -2.27. The van der Waals surface area contributed by atoms with Crippen molar-refractivity contribution in [2.75, 3.05) is 31.8 Å². The van der Waals surface area contributed by atoms with Crippen LogP contribution in [0, 0.1) is 5.92 Å². The van der Waals surface area contributed by atoms with Gasteiger partial charge < -0.3 is 15.4 Å². The molecule has 2 aromatic rings. The highest BCUT2D eigenvalue weighted by Crippen LogP contribution is 2.33. The lowest BCUT2D eigenvalue weighted by molar-refractivity contribution is -0.115. The number of halogens is 4. The van der Waals surface area contributed by atoms with Crippen molar-refractivity contribution in [3.63, 3.8) is 0 Å². The largest absolute Gasteiger partial charge is 0.494 e. The topological polar surface area (TPSA) is 102 Å². The Morgan fingerprint density at radius 3 is 2.49 bits per heavy atom. The van der Waals surface area contributed by atoms with Crippen LogP contribution in [0.1, 0.15) is 55.3 Å². The van der Waals surface area contributed by atoms with E-state index >= 15 is 0 Å². The number of nitrogens with zero attached hydrogens (tertiary/aromatic N) is 2. The Morgan fingerprint density at radius 1 is 1.24 bits per heavy atom. The van der Waals surface area contributed by atoms with E-state index in [9.17, 15) is 26.4 Å². The molecule has 0 unspecified atom stereocenters. The number of anilines is 1. The average molecular weight is 565 g/mol. The molecule has 206 valence electrons. The summed E-state index contributed by atoms with van der Waals surface area (Å²) in [5.74, 6) is 0.488. The van der Waals surface area contributed by atoms with Gasteiger partial charge in [0.2, 0.25) is 0 Å². The van der Waals surface area contributed by atoms with Crippen molar-refractivity contribution in [3.05, 3.63) is 34.9 Å². The molecule has 0 atom stereocenters. The average Bonchev–Trinajstić information content (AvgIpc) is 3.16. The number of aryl methyl sites for hydroxylation is 1. The van der Waals surface area contributed by atoms with Crippen molar-refractivity contribution in [2.45, 2.75) is 56.9 Å². The first-order valence-electron chi connectivity index (χ1n) is 12.1. The molecule has 0 spiro atoms. The van der Waals surface area contributed by atoms with Gasteiger partial charge in [0.25, 0.3) is 5.91 Å². The summed E-state index contributed by atoms with van der Waals surface area (Å²) in [5, 5.41) is 4.92. The van der Waals surface area contributed by atoms with Gasteiger partial charge in [-0.1, -0.05) is 18.5 Å². The Morgan fingerprint density at radius 2 is 1.92 bits per heavy atom. The Kier molecular flexibility index (Phi) is 9.38. The van der Waals surface area contributed by atoms with Crippen LogP contribution in [0.15, 0.2) is 18.2 Å². The smallest absolute Gasteiger partial charge is 0.405 e. The molecule has 0 aliphatic heterocycles. The number of imidazole rings is 1. The summed E-state index contributed by atoms with van der Waals surface area (Å²) in [5.41, 5.74) is 0.699. The Bertz CT molecular complexity index is 1210.